The van der Waals surface area contributed by atoms with Gasteiger partial charge in [0, 0.05) is 23.8 Å². The second kappa shape index (κ2) is 5.16. The van der Waals surface area contributed by atoms with Crippen molar-refractivity contribution in [3.8, 4) is 0 Å². The molecule has 3 nitrogen and oxygen atoms in total. The highest BCUT2D eigenvalue weighted by Crippen LogP contribution is 2.16. The number of hydrogen-bond donors (Lipinski definition) is 1. The fourth-order valence-electron chi connectivity index (χ4n) is 1.64. The van der Waals surface area contributed by atoms with Crippen molar-refractivity contribution in [2.24, 2.45) is 10.7 Å². The van der Waals surface area contributed by atoms with E-state index in [4.69, 9.17) is 5.73 Å². The third kappa shape index (κ3) is 2.64. The van der Waals surface area contributed by atoms with Crippen LogP contribution in [0.5, 0.6) is 0 Å². The van der Waals surface area contributed by atoms with Gasteiger partial charge in [0.2, 0.25) is 0 Å². The molecule has 0 atom stereocenters. The van der Waals surface area contributed by atoms with Gasteiger partial charge in [0.1, 0.15) is 0 Å². The van der Waals surface area contributed by atoms with E-state index < -0.39 is 0 Å². The van der Waals surface area contributed by atoms with Gasteiger partial charge in [0.25, 0.3) is 0 Å². The van der Waals surface area contributed by atoms with E-state index in [9.17, 15) is 0 Å². The summed E-state index contributed by atoms with van der Waals surface area (Å²) in [5.41, 5.74) is 7.09. The van der Waals surface area contributed by atoms with Crippen molar-refractivity contribution in [3.63, 3.8) is 0 Å². The predicted octanol–water partition coefficient (Wildman–Crippen LogP) is 2.14. The summed E-state index contributed by atoms with van der Waals surface area (Å²) in [5.74, 6) is 0.606. The van der Waals surface area contributed by atoms with Gasteiger partial charge in [0.05, 0.1) is 0 Å². The normalized spacial score (nSPS) is 15.1. The fraction of sp³-hybridized carbons (Fsp3) is 0.250. The molecule has 1 aromatic carbocycles. The molecule has 1 aliphatic rings. The van der Waals surface area contributed by atoms with Crippen LogP contribution in [0.3, 0.4) is 0 Å². The van der Waals surface area contributed by atoms with Gasteiger partial charge in [-0.2, -0.15) is 0 Å². The summed E-state index contributed by atoms with van der Waals surface area (Å²) in [5, 5.41) is 0. The van der Waals surface area contributed by atoms with E-state index in [2.05, 4.69) is 38.0 Å². The molecule has 0 aliphatic carbocycles. The molecule has 0 radical (unpaired) electrons. The fourth-order valence-corrected chi connectivity index (χ4v) is 2.12. The van der Waals surface area contributed by atoms with Crippen LogP contribution in [-0.4, -0.2) is 23.9 Å². The summed E-state index contributed by atoms with van der Waals surface area (Å²) in [4.78, 5) is 6.14. The van der Waals surface area contributed by atoms with Gasteiger partial charge in [-0.25, -0.2) is 4.99 Å². The average molecular weight is 280 g/mol. The summed E-state index contributed by atoms with van der Waals surface area (Å²) >= 11 is 3.54. The number of nitrogens with zero attached hydrogens (tertiary/aromatic N) is 2. The topological polar surface area (TPSA) is 41.6 Å². The van der Waals surface area contributed by atoms with Crippen LogP contribution in [0.25, 0.3) is 0 Å². The van der Waals surface area contributed by atoms with E-state index in [1.54, 1.807) is 6.20 Å². The van der Waals surface area contributed by atoms with Crippen molar-refractivity contribution in [2.45, 2.75) is 6.42 Å². The third-order valence-electron chi connectivity index (χ3n) is 2.57. The van der Waals surface area contributed by atoms with Crippen LogP contribution in [0.2, 0.25) is 0 Å². The minimum atomic E-state index is 0.606. The Morgan fingerprint density at radius 1 is 1.38 bits per heavy atom. The summed E-state index contributed by atoms with van der Waals surface area (Å²) in [6.07, 6.45) is 4.73. The van der Waals surface area contributed by atoms with E-state index in [0.29, 0.717) is 5.96 Å². The van der Waals surface area contributed by atoms with Gasteiger partial charge in [-0.1, -0.05) is 34.1 Å². The van der Waals surface area contributed by atoms with Crippen molar-refractivity contribution in [3.05, 3.63) is 46.6 Å². The molecule has 2 rings (SSSR count). The van der Waals surface area contributed by atoms with Gasteiger partial charge < -0.3 is 10.6 Å². The quantitative estimate of drug-likeness (QED) is 0.921. The summed E-state index contributed by atoms with van der Waals surface area (Å²) in [6, 6.07) is 8.25. The van der Waals surface area contributed by atoms with Crippen molar-refractivity contribution in [2.75, 3.05) is 13.1 Å². The van der Waals surface area contributed by atoms with Crippen LogP contribution in [0, 0.1) is 0 Å². The molecule has 1 heterocycles. The molecule has 0 fully saturated rings. The average Bonchev–Trinajstić information content (AvgIpc) is 2.30. The lowest BCUT2D eigenvalue weighted by atomic mass is 10.1. The van der Waals surface area contributed by atoms with Crippen LogP contribution in [-0.2, 0) is 6.42 Å². The van der Waals surface area contributed by atoms with E-state index in [1.807, 2.05) is 18.2 Å². The number of nitrogens with two attached hydrogens (primary N) is 1. The van der Waals surface area contributed by atoms with Gasteiger partial charge in [-0.15, -0.1) is 0 Å². The van der Waals surface area contributed by atoms with E-state index in [1.165, 1.54) is 5.56 Å². The molecule has 0 saturated heterocycles. The Hall–Kier alpha value is -1.29. The Labute approximate surface area is 104 Å². The molecular weight excluding hydrogens is 266 g/mol. The maximum Gasteiger partial charge on any atom is 0.196 e. The lowest BCUT2D eigenvalue weighted by Crippen LogP contribution is -2.40. The van der Waals surface area contributed by atoms with Gasteiger partial charge in [0.15, 0.2) is 5.96 Å². The molecule has 2 N–H and O–H groups in total. The van der Waals surface area contributed by atoms with Crippen LogP contribution in [0.4, 0.5) is 0 Å². The van der Waals surface area contributed by atoms with E-state index in [0.717, 1.165) is 24.0 Å². The van der Waals surface area contributed by atoms with Crippen LogP contribution < -0.4 is 5.73 Å². The molecule has 0 unspecified atom stereocenters. The molecular formula is C12H14BrN3. The highest BCUT2D eigenvalue weighted by Gasteiger charge is 2.09. The third-order valence-corrected chi connectivity index (χ3v) is 3.34. The number of rotatable bonds is 3. The van der Waals surface area contributed by atoms with Crippen molar-refractivity contribution in [1.29, 1.82) is 0 Å². The molecule has 16 heavy (non-hydrogen) atoms. The molecule has 1 aromatic rings. The zero-order chi connectivity index (χ0) is 11.4. The van der Waals surface area contributed by atoms with E-state index in [-0.39, 0.29) is 0 Å². The SMILES string of the molecule is NC1=NC=CCN1CCc1ccccc1Br. The molecule has 1 aliphatic heterocycles. The predicted molar refractivity (Wildman–Crippen MR) is 70.2 cm³/mol. The largest absolute Gasteiger partial charge is 0.369 e. The number of hydrogen-bond acceptors (Lipinski definition) is 3. The molecule has 0 aromatic heterocycles. The zero-order valence-electron chi connectivity index (χ0n) is 8.94. The first-order valence-electron chi connectivity index (χ1n) is 5.24. The van der Waals surface area contributed by atoms with Crippen molar-refractivity contribution in [1.82, 2.24) is 4.90 Å². The first kappa shape index (κ1) is 11.2. The van der Waals surface area contributed by atoms with Crippen molar-refractivity contribution >= 4 is 21.9 Å². The molecule has 84 valence electrons. The smallest absolute Gasteiger partial charge is 0.196 e. The number of halogens is 1. The molecule has 0 bridgehead atoms. The lowest BCUT2D eigenvalue weighted by Gasteiger charge is -2.23. The monoisotopic (exact) mass is 279 g/mol. The standard InChI is InChI=1S/C12H14BrN3/c13-11-5-2-1-4-10(11)6-9-16-8-3-7-15-12(16)14/h1-5,7H,6,8-9H2,(H2,14,15). The Bertz CT molecular complexity index is 426. The Morgan fingerprint density at radius 2 is 2.19 bits per heavy atom. The molecule has 0 amide bonds. The second-order valence-electron chi connectivity index (χ2n) is 3.66. The van der Waals surface area contributed by atoms with Gasteiger partial charge in [-0.3, -0.25) is 0 Å². The summed E-state index contributed by atoms with van der Waals surface area (Å²) in [6.45, 7) is 1.74. The first-order valence-corrected chi connectivity index (χ1v) is 6.03. The van der Waals surface area contributed by atoms with Crippen LogP contribution >= 0.6 is 15.9 Å². The lowest BCUT2D eigenvalue weighted by molar-refractivity contribution is 0.455. The number of aliphatic imine (C=N–C) groups is 1. The van der Waals surface area contributed by atoms with Crippen molar-refractivity contribution < 1.29 is 0 Å². The highest BCUT2D eigenvalue weighted by atomic mass is 79.9. The van der Waals surface area contributed by atoms with E-state index >= 15 is 0 Å². The number of guanidine groups is 1. The minimum absolute atomic E-state index is 0.606. The zero-order valence-corrected chi connectivity index (χ0v) is 10.5. The van der Waals surface area contributed by atoms with Gasteiger partial charge in [-0.05, 0) is 24.1 Å². The highest BCUT2D eigenvalue weighted by molar-refractivity contribution is 9.10. The number of benzene rings is 1. The summed E-state index contributed by atoms with van der Waals surface area (Å²) in [7, 11) is 0. The summed E-state index contributed by atoms with van der Waals surface area (Å²) < 4.78 is 1.15. The Balaban J connectivity index is 1.95. The molecule has 0 spiro atoms. The minimum Gasteiger partial charge on any atom is -0.369 e. The first-order chi connectivity index (χ1) is 7.77. The van der Waals surface area contributed by atoms with Crippen LogP contribution in [0.15, 0.2) is 46.0 Å². The molecule has 4 heteroatoms. The molecule has 0 saturated carbocycles. The van der Waals surface area contributed by atoms with Gasteiger partial charge >= 0.3 is 0 Å². The maximum atomic E-state index is 5.79. The van der Waals surface area contributed by atoms with Crippen LogP contribution in [0.1, 0.15) is 5.56 Å². The Morgan fingerprint density at radius 3 is 2.94 bits per heavy atom. The second-order valence-corrected chi connectivity index (χ2v) is 4.51. The maximum absolute atomic E-state index is 5.79. The Kier molecular flexibility index (Phi) is 3.62.